The average Bonchev–Trinajstić information content (AvgIpc) is 2.87. The van der Waals surface area contributed by atoms with E-state index in [0.29, 0.717) is 0 Å². The molecule has 4 rings (SSSR count). The van der Waals surface area contributed by atoms with E-state index in [9.17, 15) is 0 Å². The molecule has 0 radical (unpaired) electrons. The monoisotopic (exact) mass is 436 g/mol. The topological polar surface area (TPSA) is 38.9 Å². The Balaban J connectivity index is 0.000000205. The minimum absolute atomic E-state index is 0.762. The third-order valence-electron chi connectivity index (χ3n) is 5.80. The summed E-state index contributed by atoms with van der Waals surface area (Å²) in [6.07, 6.45) is 12.2. The quantitative estimate of drug-likeness (QED) is 0.222. The number of aromatic nitrogens is 1. The Labute approximate surface area is 199 Å². The van der Waals surface area contributed by atoms with Gasteiger partial charge in [0.15, 0.2) is 0 Å². The molecule has 1 heterocycles. The molecule has 0 atom stereocenters. The number of benzene rings is 3. The lowest BCUT2D eigenvalue weighted by Gasteiger charge is -2.05. The first-order valence-electron chi connectivity index (χ1n) is 12.1. The largest absolute Gasteiger partial charge is 0.397 e. The van der Waals surface area contributed by atoms with Gasteiger partial charge in [0.05, 0.1) is 16.9 Å². The van der Waals surface area contributed by atoms with Gasteiger partial charge in [-0.3, -0.25) is 0 Å². The number of rotatable bonds is 8. The second-order valence-corrected chi connectivity index (χ2v) is 8.50. The number of pyridine rings is 1. The minimum Gasteiger partial charge on any atom is -0.397 e. The van der Waals surface area contributed by atoms with Gasteiger partial charge < -0.3 is 5.73 Å². The maximum atomic E-state index is 6.11. The van der Waals surface area contributed by atoms with E-state index in [1.165, 1.54) is 44.1 Å². The van der Waals surface area contributed by atoms with Crippen LogP contribution < -0.4 is 5.73 Å². The van der Waals surface area contributed by atoms with Gasteiger partial charge in [0.25, 0.3) is 0 Å². The Morgan fingerprint density at radius 3 is 2.12 bits per heavy atom. The molecule has 4 aromatic rings. The Morgan fingerprint density at radius 1 is 0.727 bits per heavy atom. The standard InChI is InChI=1S/C18H16N2.C13H20/c1-13-7-9-15-10-12-16(20-18(15)17(13)19)11-8-14-5-3-2-4-6-14;1-2-3-4-5-7-10-13-11-8-6-9-12-13/h2-12H,19H2,1H3;6,8-9,11-12H,2-5,7,10H2,1H3/b11-8+;. The molecular formula is C31H36N2. The van der Waals surface area contributed by atoms with Crippen LogP contribution in [0, 0.1) is 6.92 Å². The molecule has 170 valence electrons. The van der Waals surface area contributed by atoms with E-state index in [4.69, 9.17) is 5.73 Å². The van der Waals surface area contributed by atoms with Crippen LogP contribution in [0.4, 0.5) is 5.69 Å². The lowest BCUT2D eigenvalue weighted by atomic mass is 10.1. The van der Waals surface area contributed by atoms with Crippen LogP contribution in [0.3, 0.4) is 0 Å². The van der Waals surface area contributed by atoms with E-state index in [1.807, 2.05) is 43.3 Å². The zero-order valence-corrected chi connectivity index (χ0v) is 20.0. The van der Waals surface area contributed by atoms with Crippen molar-refractivity contribution in [2.45, 2.75) is 52.4 Å². The SMILES string of the molecule is CCCCCCCc1ccccc1.Cc1ccc2ccc(/C=C/c3ccccc3)nc2c1N. The number of hydrogen-bond acceptors (Lipinski definition) is 2. The number of nitrogens with zero attached hydrogens (tertiary/aromatic N) is 1. The Bertz CT molecular complexity index is 1130. The highest BCUT2D eigenvalue weighted by molar-refractivity contribution is 5.91. The van der Waals surface area contributed by atoms with Crippen molar-refractivity contribution < 1.29 is 0 Å². The van der Waals surface area contributed by atoms with Crippen LogP contribution in [0.15, 0.2) is 84.9 Å². The number of aryl methyl sites for hydroxylation is 2. The molecule has 0 unspecified atom stereocenters. The zero-order chi connectivity index (χ0) is 23.3. The molecule has 0 fully saturated rings. The van der Waals surface area contributed by atoms with Gasteiger partial charge in [-0.25, -0.2) is 4.98 Å². The Morgan fingerprint density at radius 2 is 1.39 bits per heavy atom. The first kappa shape index (κ1) is 24.3. The number of anilines is 1. The average molecular weight is 437 g/mol. The highest BCUT2D eigenvalue weighted by atomic mass is 14.7. The summed E-state index contributed by atoms with van der Waals surface area (Å²) in [5, 5.41) is 1.07. The van der Waals surface area contributed by atoms with E-state index >= 15 is 0 Å². The third kappa shape index (κ3) is 7.91. The summed E-state index contributed by atoms with van der Waals surface area (Å²) in [5.74, 6) is 0. The summed E-state index contributed by atoms with van der Waals surface area (Å²) in [4.78, 5) is 4.64. The van der Waals surface area contributed by atoms with E-state index in [1.54, 1.807) is 0 Å². The summed E-state index contributed by atoms with van der Waals surface area (Å²) in [6.45, 7) is 4.26. The summed E-state index contributed by atoms with van der Waals surface area (Å²) in [7, 11) is 0. The van der Waals surface area contributed by atoms with E-state index < -0.39 is 0 Å². The van der Waals surface area contributed by atoms with Gasteiger partial charge in [-0.05, 0) is 48.6 Å². The smallest absolute Gasteiger partial charge is 0.0941 e. The van der Waals surface area contributed by atoms with E-state index in [2.05, 4.69) is 72.6 Å². The molecule has 0 aliphatic heterocycles. The van der Waals surface area contributed by atoms with Gasteiger partial charge in [-0.1, -0.05) is 118 Å². The fraction of sp³-hybridized carbons (Fsp3) is 0.258. The van der Waals surface area contributed by atoms with Crippen molar-refractivity contribution in [1.82, 2.24) is 4.98 Å². The van der Waals surface area contributed by atoms with Crippen molar-refractivity contribution in [3.05, 3.63) is 107 Å². The minimum atomic E-state index is 0.762. The molecule has 1 aromatic heterocycles. The van der Waals surface area contributed by atoms with Crippen LogP contribution in [0.2, 0.25) is 0 Å². The third-order valence-corrected chi connectivity index (χ3v) is 5.80. The number of hydrogen-bond donors (Lipinski definition) is 1. The molecular weight excluding hydrogens is 400 g/mol. The Hall–Kier alpha value is -3.39. The van der Waals surface area contributed by atoms with Crippen molar-refractivity contribution in [3.8, 4) is 0 Å². The van der Waals surface area contributed by atoms with Crippen LogP contribution >= 0.6 is 0 Å². The van der Waals surface area contributed by atoms with Gasteiger partial charge in [0.1, 0.15) is 0 Å². The maximum Gasteiger partial charge on any atom is 0.0941 e. The van der Waals surface area contributed by atoms with Gasteiger partial charge >= 0.3 is 0 Å². The number of unbranched alkanes of at least 4 members (excludes halogenated alkanes) is 4. The Kier molecular flexibility index (Phi) is 9.72. The predicted molar refractivity (Wildman–Crippen MR) is 145 cm³/mol. The molecule has 2 N–H and O–H groups in total. The van der Waals surface area contributed by atoms with E-state index in [-0.39, 0.29) is 0 Å². The molecule has 0 saturated carbocycles. The molecule has 0 aliphatic rings. The zero-order valence-electron chi connectivity index (χ0n) is 20.0. The molecule has 2 heteroatoms. The predicted octanol–water partition coefficient (Wildman–Crippen LogP) is 8.50. The van der Waals surface area contributed by atoms with Crippen LogP contribution in [0.1, 0.15) is 61.4 Å². The van der Waals surface area contributed by atoms with Crippen LogP contribution in [0.5, 0.6) is 0 Å². The molecule has 0 amide bonds. The lowest BCUT2D eigenvalue weighted by Crippen LogP contribution is -1.94. The highest BCUT2D eigenvalue weighted by Crippen LogP contribution is 2.23. The van der Waals surface area contributed by atoms with Crippen molar-refractivity contribution in [1.29, 1.82) is 0 Å². The fourth-order valence-electron chi connectivity index (χ4n) is 3.74. The van der Waals surface area contributed by atoms with Gasteiger partial charge in [-0.15, -0.1) is 0 Å². The second-order valence-electron chi connectivity index (χ2n) is 8.50. The van der Waals surface area contributed by atoms with E-state index in [0.717, 1.165) is 33.4 Å². The lowest BCUT2D eigenvalue weighted by molar-refractivity contribution is 0.632. The summed E-state index contributed by atoms with van der Waals surface area (Å²) in [6, 6.07) is 29.1. The highest BCUT2D eigenvalue weighted by Gasteiger charge is 2.03. The molecule has 33 heavy (non-hydrogen) atoms. The molecule has 0 saturated heterocycles. The molecule has 2 nitrogen and oxygen atoms in total. The number of nitrogen functional groups attached to an aromatic ring is 1. The summed E-state index contributed by atoms with van der Waals surface area (Å²) >= 11 is 0. The van der Waals surface area contributed by atoms with Crippen molar-refractivity contribution in [3.63, 3.8) is 0 Å². The number of nitrogens with two attached hydrogens (primary N) is 1. The van der Waals surface area contributed by atoms with Crippen LogP contribution in [-0.2, 0) is 6.42 Å². The van der Waals surface area contributed by atoms with Crippen molar-refractivity contribution in [2.24, 2.45) is 0 Å². The first-order chi connectivity index (χ1) is 16.2. The molecule has 0 aliphatic carbocycles. The normalized spacial score (nSPS) is 10.8. The fourth-order valence-corrected chi connectivity index (χ4v) is 3.74. The maximum absolute atomic E-state index is 6.11. The van der Waals surface area contributed by atoms with Crippen LogP contribution in [-0.4, -0.2) is 4.98 Å². The van der Waals surface area contributed by atoms with Gasteiger partial charge in [-0.2, -0.15) is 0 Å². The second kappa shape index (κ2) is 13.2. The van der Waals surface area contributed by atoms with Gasteiger partial charge in [0.2, 0.25) is 0 Å². The molecule has 3 aromatic carbocycles. The number of fused-ring (bicyclic) bond motifs is 1. The van der Waals surface area contributed by atoms with Crippen molar-refractivity contribution in [2.75, 3.05) is 5.73 Å². The van der Waals surface area contributed by atoms with Crippen molar-refractivity contribution >= 4 is 28.7 Å². The van der Waals surface area contributed by atoms with Crippen LogP contribution in [0.25, 0.3) is 23.1 Å². The first-order valence-corrected chi connectivity index (χ1v) is 12.1. The molecule has 0 spiro atoms. The summed E-state index contributed by atoms with van der Waals surface area (Å²) in [5.41, 5.74) is 12.4. The van der Waals surface area contributed by atoms with Gasteiger partial charge in [0, 0.05) is 5.39 Å². The summed E-state index contributed by atoms with van der Waals surface area (Å²) < 4.78 is 0. The molecule has 0 bridgehead atoms.